The molecule has 0 amide bonds. The van der Waals surface area contributed by atoms with Crippen molar-refractivity contribution >= 4 is 32.7 Å². The van der Waals surface area contributed by atoms with Crippen LogP contribution in [0.3, 0.4) is 0 Å². The van der Waals surface area contributed by atoms with E-state index < -0.39 is 23.6 Å². The number of alkyl halides is 3. The molecule has 3 aromatic rings. The van der Waals surface area contributed by atoms with Crippen LogP contribution in [0, 0.1) is 5.82 Å². The van der Waals surface area contributed by atoms with E-state index >= 15 is 0 Å². The van der Waals surface area contributed by atoms with E-state index in [9.17, 15) is 17.6 Å². The predicted octanol–water partition coefficient (Wildman–Crippen LogP) is 6.05. The molecule has 0 saturated heterocycles. The number of aromatic nitrogens is 2. The number of hydrogen-bond donors (Lipinski definition) is 1. The quantitative estimate of drug-likeness (QED) is 0.407. The van der Waals surface area contributed by atoms with Gasteiger partial charge in [-0.2, -0.15) is 13.2 Å². The first-order chi connectivity index (χ1) is 13.7. The summed E-state index contributed by atoms with van der Waals surface area (Å²) in [5.41, 5.74) is -0.0126. The number of halogens is 5. The molecule has 1 N–H and O–H groups in total. The Morgan fingerprint density at radius 2 is 2.00 bits per heavy atom. The van der Waals surface area contributed by atoms with Gasteiger partial charge in [-0.1, -0.05) is 12.1 Å². The van der Waals surface area contributed by atoms with Crippen molar-refractivity contribution in [3.8, 4) is 5.75 Å². The summed E-state index contributed by atoms with van der Waals surface area (Å²) in [6.07, 6.45) is -3.72. The second-order valence-corrected chi connectivity index (χ2v) is 7.67. The van der Waals surface area contributed by atoms with E-state index in [2.05, 4.69) is 31.2 Å². The van der Waals surface area contributed by atoms with Gasteiger partial charge in [0, 0.05) is 23.4 Å². The summed E-state index contributed by atoms with van der Waals surface area (Å²) < 4.78 is 60.4. The Balaban J connectivity index is 1.87. The number of para-hydroxylation sites is 1. The maximum absolute atomic E-state index is 14.0. The van der Waals surface area contributed by atoms with Gasteiger partial charge in [0.05, 0.1) is 28.2 Å². The zero-order valence-electron chi connectivity index (χ0n) is 15.3. The van der Waals surface area contributed by atoms with Gasteiger partial charge >= 0.3 is 6.18 Å². The first kappa shape index (κ1) is 19.9. The number of ether oxygens (including phenoxy) is 1. The van der Waals surface area contributed by atoms with Crippen LogP contribution in [0.2, 0.25) is 0 Å². The number of aryl methyl sites for hydroxylation is 1. The molecule has 1 aliphatic heterocycles. The molecule has 4 nitrogen and oxygen atoms in total. The van der Waals surface area contributed by atoms with Crippen molar-refractivity contribution in [1.82, 2.24) is 9.97 Å². The second kappa shape index (κ2) is 7.44. The lowest BCUT2D eigenvalue weighted by atomic mass is 10.0. The van der Waals surface area contributed by atoms with E-state index in [4.69, 9.17) is 4.74 Å². The lowest BCUT2D eigenvalue weighted by Crippen LogP contribution is -2.15. The molecule has 1 atom stereocenters. The zero-order chi connectivity index (χ0) is 20.8. The summed E-state index contributed by atoms with van der Waals surface area (Å²) >= 11 is 3.16. The van der Waals surface area contributed by atoms with Crippen LogP contribution in [0.15, 0.2) is 34.8 Å². The van der Waals surface area contributed by atoms with Crippen molar-refractivity contribution in [3.63, 3.8) is 0 Å². The van der Waals surface area contributed by atoms with E-state index in [-0.39, 0.29) is 16.8 Å². The van der Waals surface area contributed by atoms with E-state index in [1.807, 2.05) is 0 Å². The molecule has 0 radical (unpaired) electrons. The van der Waals surface area contributed by atoms with Gasteiger partial charge in [0.15, 0.2) is 0 Å². The molecule has 2 heterocycles. The number of benzene rings is 2. The van der Waals surface area contributed by atoms with E-state index in [0.29, 0.717) is 41.0 Å². The Morgan fingerprint density at radius 1 is 1.21 bits per heavy atom. The summed E-state index contributed by atoms with van der Waals surface area (Å²) in [6, 6.07) is 6.30. The highest BCUT2D eigenvalue weighted by molar-refractivity contribution is 9.10. The number of fused-ring (bicyclic) bond motifs is 5. The molecule has 1 aliphatic rings. The minimum atomic E-state index is -4.53. The normalized spacial score (nSPS) is 17.1. The molecule has 0 saturated carbocycles. The topological polar surface area (TPSA) is 47.0 Å². The summed E-state index contributed by atoms with van der Waals surface area (Å²) in [7, 11) is 0. The number of nitrogens with one attached hydrogen (secondary N) is 1. The van der Waals surface area contributed by atoms with E-state index in [0.717, 1.165) is 6.07 Å². The van der Waals surface area contributed by atoms with Crippen LogP contribution in [0.4, 0.5) is 23.4 Å². The minimum absolute atomic E-state index is 0.0816. The molecule has 0 spiro atoms. The van der Waals surface area contributed by atoms with Gasteiger partial charge in [0.1, 0.15) is 23.2 Å². The molecule has 0 fully saturated rings. The molecule has 1 unspecified atom stereocenters. The zero-order valence-corrected chi connectivity index (χ0v) is 16.9. The molecular weight excluding hydrogens is 454 g/mol. The first-order valence-electron chi connectivity index (χ1n) is 8.99. The van der Waals surface area contributed by atoms with Gasteiger partial charge in [0.2, 0.25) is 0 Å². The average molecular weight is 470 g/mol. The summed E-state index contributed by atoms with van der Waals surface area (Å²) in [5, 5.41) is 3.73. The largest absolute Gasteiger partial charge is 0.493 e. The fourth-order valence-corrected chi connectivity index (χ4v) is 3.70. The standard InChI is InChI=1S/C20H16BrF4N3O/c1-10-11-4-2-5-13(20(23,24)25)18(11)29-7-3-6-17-27-16-9-15(22)14(21)8-12(16)19(26-10)28-17/h2,4-5,8-10H,3,6-7H2,1H3,(H,26,27,28). The maximum Gasteiger partial charge on any atom is 0.419 e. The minimum Gasteiger partial charge on any atom is -0.493 e. The molecule has 4 rings (SSSR count). The van der Waals surface area contributed by atoms with Crippen LogP contribution >= 0.6 is 15.9 Å². The van der Waals surface area contributed by atoms with Crippen molar-refractivity contribution < 1.29 is 22.3 Å². The Morgan fingerprint density at radius 3 is 2.76 bits per heavy atom. The highest BCUT2D eigenvalue weighted by atomic mass is 79.9. The number of anilines is 1. The molecule has 0 aliphatic carbocycles. The summed E-state index contributed by atoms with van der Waals surface area (Å²) in [5.74, 6) is 0.274. The third-order valence-corrected chi connectivity index (χ3v) is 5.35. The van der Waals surface area contributed by atoms with Crippen molar-refractivity contribution in [2.24, 2.45) is 0 Å². The summed E-state index contributed by atoms with van der Waals surface area (Å²) in [4.78, 5) is 8.92. The highest BCUT2D eigenvalue weighted by Crippen LogP contribution is 2.41. The van der Waals surface area contributed by atoms with E-state index in [1.54, 1.807) is 19.1 Å². The van der Waals surface area contributed by atoms with Crippen molar-refractivity contribution in [3.05, 3.63) is 57.6 Å². The Hall–Kier alpha value is -2.42. The van der Waals surface area contributed by atoms with Crippen molar-refractivity contribution in [1.29, 1.82) is 0 Å². The van der Waals surface area contributed by atoms with Gasteiger partial charge in [-0.25, -0.2) is 14.4 Å². The molecule has 152 valence electrons. The van der Waals surface area contributed by atoms with Crippen LogP contribution in [0.5, 0.6) is 5.75 Å². The van der Waals surface area contributed by atoms with Crippen molar-refractivity contribution in [2.75, 3.05) is 11.9 Å². The van der Waals surface area contributed by atoms with Gasteiger partial charge in [0.25, 0.3) is 0 Å². The Bertz CT molecular complexity index is 1090. The molecule has 1 aromatic heterocycles. The van der Waals surface area contributed by atoms with Gasteiger partial charge < -0.3 is 10.1 Å². The third kappa shape index (κ3) is 3.88. The third-order valence-electron chi connectivity index (χ3n) is 4.75. The number of rotatable bonds is 0. The van der Waals surface area contributed by atoms with Gasteiger partial charge in [-0.3, -0.25) is 0 Å². The monoisotopic (exact) mass is 469 g/mol. The Kier molecular flexibility index (Phi) is 5.10. The van der Waals surface area contributed by atoms with Crippen LogP contribution in [0.25, 0.3) is 10.9 Å². The maximum atomic E-state index is 14.0. The molecule has 2 aromatic carbocycles. The molecule has 9 heteroatoms. The van der Waals surface area contributed by atoms with Crippen LogP contribution in [-0.2, 0) is 12.6 Å². The SMILES string of the molecule is CC1Nc2nc(nc3cc(F)c(Br)cc23)CCCOc2c1cccc2C(F)(F)F. The van der Waals surface area contributed by atoms with E-state index in [1.165, 1.54) is 12.1 Å². The van der Waals surface area contributed by atoms with Gasteiger partial charge in [-0.05, 0) is 41.4 Å². The summed E-state index contributed by atoms with van der Waals surface area (Å²) in [6.45, 7) is 1.81. The Labute approximate surface area is 172 Å². The molecular formula is C20H16BrF4N3O. The lowest BCUT2D eigenvalue weighted by molar-refractivity contribution is -0.139. The number of hydrogen-bond acceptors (Lipinski definition) is 4. The highest BCUT2D eigenvalue weighted by Gasteiger charge is 2.36. The molecule has 29 heavy (non-hydrogen) atoms. The average Bonchev–Trinajstić information content (AvgIpc) is 2.67. The van der Waals surface area contributed by atoms with Crippen LogP contribution in [0.1, 0.15) is 36.3 Å². The smallest absolute Gasteiger partial charge is 0.419 e. The fraction of sp³-hybridized carbons (Fsp3) is 0.300. The van der Waals surface area contributed by atoms with Crippen molar-refractivity contribution in [2.45, 2.75) is 32.0 Å². The first-order valence-corrected chi connectivity index (χ1v) is 9.78. The fourth-order valence-electron chi connectivity index (χ4n) is 3.36. The second-order valence-electron chi connectivity index (χ2n) is 6.81. The van der Waals surface area contributed by atoms with Crippen LogP contribution < -0.4 is 10.1 Å². The van der Waals surface area contributed by atoms with Gasteiger partial charge in [-0.15, -0.1) is 0 Å². The van der Waals surface area contributed by atoms with Crippen LogP contribution in [-0.4, -0.2) is 16.6 Å². The molecule has 2 bridgehead atoms. The predicted molar refractivity (Wildman–Crippen MR) is 104 cm³/mol. The lowest BCUT2D eigenvalue weighted by Gasteiger charge is -2.22. The number of nitrogens with zero attached hydrogens (tertiary/aromatic N) is 2.